The normalized spacial score (nSPS) is 16.0. The first kappa shape index (κ1) is 19.5. The topological polar surface area (TPSA) is 68.6 Å². The van der Waals surface area contributed by atoms with Gasteiger partial charge in [-0.25, -0.2) is 0 Å². The molecule has 1 aliphatic heterocycles. The molecule has 0 aromatic heterocycles. The van der Waals surface area contributed by atoms with Gasteiger partial charge >= 0.3 is 0 Å². The van der Waals surface area contributed by atoms with E-state index in [1.54, 1.807) is 6.20 Å². The molecule has 0 aliphatic carbocycles. The van der Waals surface area contributed by atoms with Crippen molar-refractivity contribution in [1.82, 2.24) is 15.1 Å². The molecule has 0 radical (unpaired) electrons. The zero-order valence-electron chi connectivity index (χ0n) is 14.5. The Hall–Kier alpha value is -1.58. The summed E-state index contributed by atoms with van der Waals surface area (Å²) in [4.78, 5) is 16.5. The molecule has 1 aliphatic rings. The average Bonchev–Trinajstić information content (AvgIpc) is 2.58. The third-order valence-electron chi connectivity index (χ3n) is 3.80. The maximum Gasteiger partial charge on any atom is 0.263 e. The van der Waals surface area contributed by atoms with Crippen LogP contribution in [-0.2, 0) is 9.53 Å². The lowest BCUT2D eigenvalue weighted by molar-refractivity contribution is -0.117. The van der Waals surface area contributed by atoms with E-state index in [0.29, 0.717) is 6.54 Å². The van der Waals surface area contributed by atoms with Gasteiger partial charge in [0.2, 0.25) is 0 Å². The SMILES string of the molecule is CCCCN(/C=C(/C#N)C(=O)NCCN1CCOCC1)CCC. The van der Waals surface area contributed by atoms with Crippen molar-refractivity contribution >= 4 is 5.91 Å². The van der Waals surface area contributed by atoms with E-state index in [2.05, 4.69) is 29.0 Å². The fourth-order valence-corrected chi connectivity index (χ4v) is 2.46. The largest absolute Gasteiger partial charge is 0.379 e. The minimum absolute atomic E-state index is 0.191. The second-order valence-electron chi connectivity index (χ2n) is 5.75. The van der Waals surface area contributed by atoms with Gasteiger partial charge in [-0.05, 0) is 12.8 Å². The molecule has 0 spiro atoms. The number of morpholine rings is 1. The summed E-state index contributed by atoms with van der Waals surface area (Å²) in [5, 5.41) is 12.1. The molecule has 130 valence electrons. The fourth-order valence-electron chi connectivity index (χ4n) is 2.46. The summed E-state index contributed by atoms with van der Waals surface area (Å²) in [5.74, 6) is -0.279. The molecule has 1 heterocycles. The lowest BCUT2D eigenvalue weighted by atomic mass is 10.2. The Kier molecular flexibility index (Phi) is 10.1. The fraction of sp³-hybridized carbons (Fsp3) is 0.765. The molecule has 0 unspecified atom stereocenters. The van der Waals surface area contributed by atoms with Gasteiger partial charge in [0.05, 0.1) is 13.2 Å². The van der Waals surface area contributed by atoms with Gasteiger partial charge in [0.25, 0.3) is 5.91 Å². The molecule has 6 nitrogen and oxygen atoms in total. The van der Waals surface area contributed by atoms with Crippen molar-refractivity contribution in [1.29, 1.82) is 5.26 Å². The van der Waals surface area contributed by atoms with Crippen molar-refractivity contribution in [3.63, 3.8) is 0 Å². The van der Waals surface area contributed by atoms with E-state index in [1.807, 2.05) is 6.07 Å². The number of ether oxygens (including phenoxy) is 1. The molecule has 1 saturated heterocycles. The molecule has 23 heavy (non-hydrogen) atoms. The number of nitriles is 1. The Bertz CT molecular complexity index is 411. The quantitative estimate of drug-likeness (QED) is 0.486. The zero-order chi connectivity index (χ0) is 16.9. The van der Waals surface area contributed by atoms with E-state index in [-0.39, 0.29) is 11.5 Å². The van der Waals surface area contributed by atoms with Gasteiger partial charge in [-0.1, -0.05) is 20.3 Å². The molecular formula is C17H30N4O2. The first-order valence-electron chi connectivity index (χ1n) is 8.65. The number of rotatable bonds is 10. The van der Waals surface area contributed by atoms with Crippen LogP contribution in [0.25, 0.3) is 0 Å². The molecule has 0 aromatic rings. The third-order valence-corrected chi connectivity index (χ3v) is 3.80. The van der Waals surface area contributed by atoms with E-state index in [4.69, 9.17) is 4.74 Å². The van der Waals surface area contributed by atoms with Gasteiger partial charge in [0, 0.05) is 45.5 Å². The van der Waals surface area contributed by atoms with Gasteiger partial charge < -0.3 is 15.0 Å². The summed E-state index contributed by atoms with van der Waals surface area (Å²) in [5.41, 5.74) is 0.191. The highest BCUT2D eigenvalue weighted by Gasteiger charge is 2.13. The lowest BCUT2D eigenvalue weighted by Gasteiger charge is -2.26. The number of carbonyl (C=O) groups excluding carboxylic acids is 1. The van der Waals surface area contributed by atoms with Gasteiger partial charge in [-0.2, -0.15) is 5.26 Å². The van der Waals surface area contributed by atoms with Crippen LogP contribution in [0.1, 0.15) is 33.1 Å². The zero-order valence-corrected chi connectivity index (χ0v) is 14.5. The molecule has 0 saturated carbocycles. The van der Waals surface area contributed by atoms with E-state index in [9.17, 15) is 10.1 Å². The first-order valence-corrected chi connectivity index (χ1v) is 8.65. The molecule has 0 bridgehead atoms. The molecule has 1 amide bonds. The van der Waals surface area contributed by atoms with Crippen LogP contribution in [0.3, 0.4) is 0 Å². The summed E-state index contributed by atoms with van der Waals surface area (Å²) in [6.07, 6.45) is 4.87. The average molecular weight is 322 g/mol. The minimum atomic E-state index is -0.279. The predicted molar refractivity (Wildman–Crippen MR) is 90.7 cm³/mol. The molecule has 0 aromatic carbocycles. The van der Waals surface area contributed by atoms with E-state index < -0.39 is 0 Å². The third kappa shape index (κ3) is 8.00. The lowest BCUT2D eigenvalue weighted by Crippen LogP contribution is -2.41. The smallest absolute Gasteiger partial charge is 0.263 e. The second-order valence-corrected chi connectivity index (χ2v) is 5.75. The van der Waals surface area contributed by atoms with Crippen molar-refractivity contribution in [2.75, 3.05) is 52.5 Å². The number of carbonyl (C=O) groups is 1. The highest BCUT2D eigenvalue weighted by molar-refractivity contribution is 5.97. The number of amides is 1. The van der Waals surface area contributed by atoms with E-state index in [0.717, 1.165) is 65.2 Å². The summed E-state index contributed by atoms with van der Waals surface area (Å²) in [6, 6.07) is 2.03. The van der Waals surface area contributed by atoms with Gasteiger partial charge in [-0.15, -0.1) is 0 Å². The van der Waals surface area contributed by atoms with Crippen molar-refractivity contribution < 1.29 is 9.53 Å². The molecular weight excluding hydrogens is 292 g/mol. The van der Waals surface area contributed by atoms with E-state index >= 15 is 0 Å². The van der Waals surface area contributed by atoms with Crippen molar-refractivity contribution in [3.05, 3.63) is 11.8 Å². The van der Waals surface area contributed by atoms with Crippen LogP contribution < -0.4 is 5.32 Å². The molecule has 1 N–H and O–H groups in total. The Balaban J connectivity index is 2.44. The highest BCUT2D eigenvalue weighted by Crippen LogP contribution is 2.03. The number of unbranched alkanes of at least 4 members (excludes halogenated alkanes) is 1. The van der Waals surface area contributed by atoms with Gasteiger partial charge in [0.15, 0.2) is 0 Å². The van der Waals surface area contributed by atoms with Gasteiger partial charge in [0.1, 0.15) is 11.6 Å². The highest BCUT2D eigenvalue weighted by atomic mass is 16.5. The number of nitrogens with zero attached hydrogens (tertiary/aromatic N) is 3. The monoisotopic (exact) mass is 322 g/mol. The van der Waals surface area contributed by atoms with Crippen LogP contribution in [0, 0.1) is 11.3 Å². The Labute approximate surface area is 140 Å². The number of nitrogens with one attached hydrogen (secondary N) is 1. The van der Waals surface area contributed by atoms with Crippen LogP contribution in [0.15, 0.2) is 11.8 Å². The summed E-state index contributed by atoms with van der Waals surface area (Å²) in [7, 11) is 0. The van der Waals surface area contributed by atoms with Crippen LogP contribution in [0.4, 0.5) is 0 Å². The van der Waals surface area contributed by atoms with Crippen LogP contribution in [0.2, 0.25) is 0 Å². The maximum atomic E-state index is 12.2. The number of hydrogen-bond acceptors (Lipinski definition) is 5. The minimum Gasteiger partial charge on any atom is -0.379 e. The van der Waals surface area contributed by atoms with Crippen LogP contribution >= 0.6 is 0 Å². The Morgan fingerprint density at radius 2 is 2.04 bits per heavy atom. The van der Waals surface area contributed by atoms with Crippen molar-refractivity contribution in [2.45, 2.75) is 33.1 Å². The maximum absolute atomic E-state index is 12.2. The predicted octanol–water partition coefficient (Wildman–Crippen LogP) is 1.35. The molecule has 1 fully saturated rings. The van der Waals surface area contributed by atoms with Gasteiger partial charge in [-0.3, -0.25) is 9.69 Å². The Morgan fingerprint density at radius 3 is 2.65 bits per heavy atom. The summed E-state index contributed by atoms with van der Waals surface area (Å²) in [6.45, 7) is 10.6. The Morgan fingerprint density at radius 1 is 1.30 bits per heavy atom. The number of hydrogen-bond donors (Lipinski definition) is 1. The van der Waals surface area contributed by atoms with Crippen molar-refractivity contribution in [2.24, 2.45) is 0 Å². The summed E-state index contributed by atoms with van der Waals surface area (Å²) < 4.78 is 5.29. The van der Waals surface area contributed by atoms with Crippen molar-refractivity contribution in [3.8, 4) is 6.07 Å². The molecule has 0 atom stereocenters. The molecule has 1 rings (SSSR count). The van der Waals surface area contributed by atoms with Crippen LogP contribution in [0.5, 0.6) is 0 Å². The second kappa shape index (κ2) is 11.9. The first-order chi connectivity index (χ1) is 11.2. The standard InChI is InChI=1S/C17H30N4O2/c1-3-5-8-21(7-4-2)15-16(14-18)17(22)19-6-9-20-10-12-23-13-11-20/h15H,3-13H2,1-2H3,(H,19,22)/b16-15-. The molecule has 6 heteroatoms. The summed E-state index contributed by atoms with van der Waals surface area (Å²) >= 11 is 0. The van der Waals surface area contributed by atoms with Crippen LogP contribution in [-0.4, -0.2) is 68.2 Å². The van der Waals surface area contributed by atoms with E-state index in [1.165, 1.54) is 0 Å².